The van der Waals surface area contributed by atoms with Crippen molar-refractivity contribution in [1.82, 2.24) is 0 Å². The number of esters is 1. The highest BCUT2D eigenvalue weighted by atomic mass is 16.5. The number of Topliss-reactive ketones (excluding diaryl/α,β-unsaturated/α-hetero) is 1. The van der Waals surface area contributed by atoms with Gasteiger partial charge in [0.05, 0.1) is 31.6 Å². The fourth-order valence-electron chi connectivity index (χ4n) is 4.18. The highest BCUT2D eigenvalue weighted by Gasteiger charge is 2.48. The zero-order valence-electron chi connectivity index (χ0n) is 19.8. The molecule has 1 aliphatic heterocycles. The fraction of sp³-hybridized carbons (Fsp3) is 0.222. The smallest absolute Gasteiger partial charge is 0.337 e. The van der Waals surface area contributed by atoms with Crippen molar-refractivity contribution in [3.63, 3.8) is 0 Å². The van der Waals surface area contributed by atoms with Crippen molar-refractivity contribution in [2.24, 2.45) is 0 Å². The molecule has 1 fully saturated rings. The third kappa shape index (κ3) is 4.19. The predicted molar refractivity (Wildman–Crippen MR) is 128 cm³/mol. The van der Waals surface area contributed by atoms with Gasteiger partial charge in [0.1, 0.15) is 23.3 Å². The lowest BCUT2D eigenvalue weighted by molar-refractivity contribution is -0.132. The number of aliphatic hydroxyl groups is 1. The molecule has 1 saturated heterocycles. The molecule has 1 unspecified atom stereocenters. The van der Waals surface area contributed by atoms with E-state index in [4.69, 9.17) is 13.9 Å². The Morgan fingerprint density at radius 2 is 1.71 bits per heavy atom. The van der Waals surface area contributed by atoms with E-state index in [1.807, 2.05) is 13.8 Å². The molecule has 4 rings (SSSR count). The largest absolute Gasteiger partial charge is 0.507 e. The second kappa shape index (κ2) is 9.50. The molecular weight excluding hydrogens is 450 g/mol. The first-order valence-corrected chi connectivity index (χ1v) is 11.0. The molecule has 1 aliphatic rings. The van der Waals surface area contributed by atoms with Gasteiger partial charge in [-0.1, -0.05) is 13.8 Å². The van der Waals surface area contributed by atoms with Gasteiger partial charge >= 0.3 is 5.97 Å². The van der Waals surface area contributed by atoms with Crippen LogP contribution in [0, 0.1) is 0 Å². The van der Waals surface area contributed by atoms with Gasteiger partial charge in [0.15, 0.2) is 0 Å². The van der Waals surface area contributed by atoms with Crippen LogP contribution in [0.5, 0.6) is 5.75 Å². The molecule has 1 N–H and O–H groups in total. The number of carbonyl (C=O) groups is 3. The highest BCUT2D eigenvalue weighted by molar-refractivity contribution is 6.51. The van der Waals surface area contributed by atoms with E-state index in [1.54, 1.807) is 37.4 Å². The number of aliphatic hydroxyl groups excluding tert-OH is 1. The van der Waals surface area contributed by atoms with Crippen molar-refractivity contribution >= 4 is 29.1 Å². The van der Waals surface area contributed by atoms with Crippen LogP contribution >= 0.6 is 0 Å². The number of furan rings is 1. The molecule has 8 nitrogen and oxygen atoms in total. The maximum absolute atomic E-state index is 13.2. The first kappa shape index (κ1) is 23.8. The van der Waals surface area contributed by atoms with Crippen molar-refractivity contribution < 1.29 is 33.4 Å². The van der Waals surface area contributed by atoms with Gasteiger partial charge in [-0.05, 0) is 66.1 Å². The number of amides is 1. The van der Waals surface area contributed by atoms with Crippen molar-refractivity contribution in [3.8, 4) is 5.75 Å². The summed E-state index contributed by atoms with van der Waals surface area (Å²) in [5.41, 5.74) is 1.78. The molecule has 0 spiro atoms. The molecule has 8 heteroatoms. The highest BCUT2D eigenvalue weighted by Crippen LogP contribution is 2.43. The van der Waals surface area contributed by atoms with Crippen LogP contribution in [0.3, 0.4) is 0 Å². The lowest BCUT2D eigenvalue weighted by atomic mass is 9.95. The number of benzene rings is 2. The molecule has 2 aromatic carbocycles. The Morgan fingerprint density at radius 3 is 2.29 bits per heavy atom. The van der Waals surface area contributed by atoms with E-state index in [0.717, 1.165) is 5.56 Å². The minimum atomic E-state index is -1.00. The van der Waals surface area contributed by atoms with Crippen LogP contribution in [0.2, 0.25) is 0 Å². The van der Waals surface area contributed by atoms with Crippen molar-refractivity contribution in [1.29, 1.82) is 0 Å². The number of anilines is 1. The molecule has 0 radical (unpaired) electrons. The molecule has 3 aromatic rings. The number of ketones is 1. The average Bonchev–Trinajstić information content (AvgIpc) is 3.49. The molecule has 1 atom stereocenters. The molecule has 1 aromatic heterocycles. The molecule has 0 aliphatic carbocycles. The van der Waals surface area contributed by atoms with Gasteiger partial charge in [0, 0.05) is 11.3 Å². The second-order valence-corrected chi connectivity index (χ2v) is 8.33. The minimum Gasteiger partial charge on any atom is -0.507 e. The molecule has 1 amide bonds. The van der Waals surface area contributed by atoms with Crippen LogP contribution < -0.4 is 9.64 Å². The SMILES string of the molecule is COC(=O)c1ccc(N2C(=O)C(=O)/C(=C(\O)c3ccc(OC)c(C(C)C)c3)C2c2ccco2)cc1. The van der Waals surface area contributed by atoms with Crippen molar-refractivity contribution in [2.45, 2.75) is 25.8 Å². The van der Waals surface area contributed by atoms with E-state index in [1.165, 1.54) is 42.5 Å². The lowest BCUT2D eigenvalue weighted by Crippen LogP contribution is -2.29. The van der Waals surface area contributed by atoms with E-state index in [-0.39, 0.29) is 17.3 Å². The van der Waals surface area contributed by atoms with E-state index in [2.05, 4.69) is 0 Å². The third-order valence-electron chi connectivity index (χ3n) is 5.95. The number of carbonyl (C=O) groups excluding carboxylic acids is 3. The van der Waals surface area contributed by atoms with Gasteiger partial charge in [0.25, 0.3) is 11.7 Å². The van der Waals surface area contributed by atoms with E-state index >= 15 is 0 Å². The van der Waals surface area contributed by atoms with Crippen LogP contribution in [-0.4, -0.2) is 37.0 Å². The van der Waals surface area contributed by atoms with Gasteiger partial charge in [0.2, 0.25) is 0 Å². The van der Waals surface area contributed by atoms with Crippen LogP contribution in [0.25, 0.3) is 5.76 Å². The number of hydrogen-bond acceptors (Lipinski definition) is 7. The van der Waals surface area contributed by atoms with E-state index in [0.29, 0.717) is 28.3 Å². The number of hydrogen-bond donors (Lipinski definition) is 1. The second-order valence-electron chi connectivity index (χ2n) is 8.33. The quantitative estimate of drug-likeness (QED) is 0.236. The van der Waals surface area contributed by atoms with Crippen LogP contribution in [0.4, 0.5) is 5.69 Å². The Bertz CT molecular complexity index is 1300. The average molecular weight is 475 g/mol. The zero-order chi connectivity index (χ0) is 25.3. The summed E-state index contributed by atoms with van der Waals surface area (Å²) in [4.78, 5) is 39.5. The Balaban J connectivity index is 1.87. The van der Waals surface area contributed by atoms with E-state index in [9.17, 15) is 19.5 Å². The van der Waals surface area contributed by atoms with Gasteiger partial charge in [-0.15, -0.1) is 0 Å². The van der Waals surface area contributed by atoms with E-state index < -0.39 is 23.7 Å². The Labute approximate surface area is 202 Å². The van der Waals surface area contributed by atoms with Gasteiger partial charge in [-0.25, -0.2) is 4.79 Å². The number of ether oxygens (including phenoxy) is 2. The van der Waals surface area contributed by atoms with Gasteiger partial charge in [-0.2, -0.15) is 0 Å². The molecule has 2 heterocycles. The predicted octanol–water partition coefficient (Wildman–Crippen LogP) is 4.82. The summed E-state index contributed by atoms with van der Waals surface area (Å²) >= 11 is 0. The van der Waals surface area contributed by atoms with Gasteiger partial charge in [-0.3, -0.25) is 14.5 Å². The summed E-state index contributed by atoms with van der Waals surface area (Å²) < 4.78 is 15.7. The summed E-state index contributed by atoms with van der Waals surface area (Å²) in [5.74, 6) is -1.45. The van der Waals surface area contributed by atoms with Crippen LogP contribution in [0.15, 0.2) is 70.9 Å². The van der Waals surface area contributed by atoms with Crippen molar-refractivity contribution in [3.05, 3.63) is 88.9 Å². The fourth-order valence-corrected chi connectivity index (χ4v) is 4.18. The molecule has 35 heavy (non-hydrogen) atoms. The Morgan fingerprint density at radius 1 is 1.03 bits per heavy atom. The molecule has 0 bridgehead atoms. The maximum atomic E-state index is 13.2. The minimum absolute atomic E-state index is 0.0920. The molecule has 0 saturated carbocycles. The summed E-state index contributed by atoms with van der Waals surface area (Å²) in [6, 6.07) is 13.4. The summed E-state index contributed by atoms with van der Waals surface area (Å²) in [6.07, 6.45) is 1.43. The lowest BCUT2D eigenvalue weighted by Gasteiger charge is -2.23. The Kier molecular flexibility index (Phi) is 6.46. The normalized spacial score (nSPS) is 17.2. The molecular formula is C27H25NO7. The summed E-state index contributed by atoms with van der Waals surface area (Å²) in [7, 11) is 2.84. The monoisotopic (exact) mass is 475 g/mol. The Hall–Kier alpha value is -4.33. The van der Waals surface area contributed by atoms with Crippen LogP contribution in [0.1, 0.15) is 53.1 Å². The third-order valence-corrected chi connectivity index (χ3v) is 5.95. The number of rotatable bonds is 6. The topological polar surface area (TPSA) is 106 Å². The summed E-state index contributed by atoms with van der Waals surface area (Å²) in [5, 5.41) is 11.3. The first-order chi connectivity index (χ1) is 16.8. The molecule has 180 valence electrons. The van der Waals surface area contributed by atoms with Crippen LogP contribution in [-0.2, 0) is 14.3 Å². The first-order valence-electron chi connectivity index (χ1n) is 11.0. The zero-order valence-corrected chi connectivity index (χ0v) is 19.8. The standard InChI is InChI=1S/C27H25NO7/c1-15(2)19-14-17(9-12-20(19)33-3)24(29)22-23(21-6-5-13-35-21)28(26(31)25(22)30)18-10-7-16(8-11-18)27(32)34-4/h5-15,23,29H,1-4H3/b24-22-. The summed E-state index contributed by atoms with van der Waals surface area (Å²) in [6.45, 7) is 3.98. The number of methoxy groups -OCH3 is 2. The van der Waals surface area contributed by atoms with Crippen molar-refractivity contribution in [2.75, 3.05) is 19.1 Å². The maximum Gasteiger partial charge on any atom is 0.337 e. The van der Waals surface area contributed by atoms with Gasteiger partial charge < -0.3 is 19.0 Å². The number of nitrogens with zero attached hydrogens (tertiary/aromatic N) is 1.